The number of rotatable bonds is 4. The molecule has 1 aromatic carbocycles. The van der Waals surface area contributed by atoms with Gasteiger partial charge in [0.25, 0.3) is 0 Å². The molecular weight excluding hydrogens is 184 g/mol. The third kappa shape index (κ3) is 5.80. The monoisotopic (exact) mass is 204 g/mol. The highest BCUT2D eigenvalue weighted by atomic mass is 16.5. The van der Waals surface area contributed by atoms with Crippen molar-refractivity contribution in [3.05, 3.63) is 29.8 Å². The molecule has 0 fully saturated rings. The number of hydrogen-bond acceptors (Lipinski definition) is 1. The van der Waals surface area contributed by atoms with Gasteiger partial charge in [-0.25, -0.2) is 0 Å². The molecule has 1 nitrogen and oxygen atoms in total. The summed E-state index contributed by atoms with van der Waals surface area (Å²) in [5.74, 6) is 3.55. The molecule has 15 heavy (non-hydrogen) atoms. The lowest BCUT2D eigenvalue weighted by Crippen LogP contribution is -1.87. The van der Waals surface area contributed by atoms with Crippen LogP contribution in [-0.4, -0.2) is 7.11 Å². The third-order valence-corrected chi connectivity index (χ3v) is 1.92. The fourth-order valence-electron chi connectivity index (χ4n) is 1.22. The summed E-state index contributed by atoms with van der Waals surface area (Å²) in [6.07, 6.45) is 8.09. The lowest BCUT2D eigenvalue weighted by molar-refractivity contribution is 0.414. The summed E-state index contributed by atoms with van der Waals surface area (Å²) in [6.45, 7) is 4.00. The highest BCUT2D eigenvalue weighted by Crippen LogP contribution is 2.14. The minimum atomic E-state index is 0.844. The zero-order valence-corrected chi connectivity index (χ0v) is 9.92. The highest BCUT2D eigenvalue weighted by molar-refractivity contribution is 5.28. The zero-order valence-electron chi connectivity index (χ0n) is 9.92. The molecule has 0 aromatic heterocycles. The van der Waals surface area contributed by atoms with Crippen LogP contribution in [0.3, 0.4) is 0 Å². The van der Waals surface area contributed by atoms with Crippen LogP contribution in [0, 0.1) is 12.3 Å². The number of benzene rings is 1. The van der Waals surface area contributed by atoms with E-state index < -0.39 is 0 Å². The van der Waals surface area contributed by atoms with Gasteiger partial charge in [0.2, 0.25) is 0 Å². The van der Waals surface area contributed by atoms with E-state index in [9.17, 15) is 0 Å². The van der Waals surface area contributed by atoms with Gasteiger partial charge in [0.15, 0.2) is 0 Å². The fourth-order valence-corrected chi connectivity index (χ4v) is 1.22. The van der Waals surface area contributed by atoms with Crippen molar-refractivity contribution in [3.8, 4) is 18.1 Å². The van der Waals surface area contributed by atoms with Crippen LogP contribution >= 0.6 is 0 Å². The molecule has 0 aliphatic rings. The standard InChI is InChI=1S/C12H14O.C2H6/c1-3-4-5-7-11-8-6-9-12(10-11)13-2;1-2/h1,6,8-10H,4-5,7H2,2H3;1-2H3. The third-order valence-electron chi connectivity index (χ3n) is 1.92. The Morgan fingerprint density at radius 3 is 2.67 bits per heavy atom. The second-order valence-electron chi connectivity index (χ2n) is 2.91. The largest absolute Gasteiger partial charge is 0.497 e. The molecule has 0 heterocycles. The van der Waals surface area contributed by atoms with Crippen molar-refractivity contribution < 1.29 is 4.74 Å². The number of unbranched alkanes of at least 4 members (excludes halogenated alkanes) is 1. The molecule has 0 unspecified atom stereocenters. The molecular formula is C14H20O. The van der Waals surface area contributed by atoms with Crippen LogP contribution in [0.5, 0.6) is 5.75 Å². The van der Waals surface area contributed by atoms with Crippen LogP contribution in [0.15, 0.2) is 24.3 Å². The summed E-state index contributed by atoms with van der Waals surface area (Å²) in [7, 11) is 1.68. The Kier molecular flexibility index (Phi) is 8.28. The number of terminal acetylenes is 1. The Hall–Kier alpha value is -1.42. The predicted octanol–water partition coefficient (Wildman–Crippen LogP) is 3.68. The van der Waals surface area contributed by atoms with E-state index in [1.807, 2.05) is 26.0 Å². The molecule has 0 saturated heterocycles. The summed E-state index contributed by atoms with van der Waals surface area (Å²) in [6, 6.07) is 8.10. The maximum absolute atomic E-state index is 5.17. The van der Waals surface area contributed by atoms with Crippen molar-refractivity contribution in [1.82, 2.24) is 0 Å². The van der Waals surface area contributed by atoms with Gasteiger partial charge in [-0.15, -0.1) is 12.3 Å². The van der Waals surface area contributed by atoms with Crippen molar-refractivity contribution in [2.45, 2.75) is 33.1 Å². The molecule has 1 rings (SSSR count). The molecule has 0 bridgehead atoms. The lowest BCUT2D eigenvalue weighted by Gasteiger charge is -2.02. The minimum Gasteiger partial charge on any atom is -0.497 e. The Balaban J connectivity index is 0.000000921. The van der Waals surface area contributed by atoms with E-state index in [1.54, 1.807) is 7.11 Å². The average Bonchev–Trinajstić information content (AvgIpc) is 2.32. The summed E-state index contributed by atoms with van der Waals surface area (Å²) in [5.41, 5.74) is 1.29. The van der Waals surface area contributed by atoms with Crippen molar-refractivity contribution in [2.24, 2.45) is 0 Å². The number of ether oxygens (including phenoxy) is 1. The van der Waals surface area contributed by atoms with Gasteiger partial charge in [-0.05, 0) is 30.5 Å². The van der Waals surface area contributed by atoms with Crippen molar-refractivity contribution >= 4 is 0 Å². The maximum Gasteiger partial charge on any atom is 0.119 e. The van der Waals surface area contributed by atoms with E-state index in [0.717, 1.165) is 25.0 Å². The first-order valence-electron chi connectivity index (χ1n) is 5.43. The molecule has 0 atom stereocenters. The summed E-state index contributed by atoms with van der Waals surface area (Å²) in [4.78, 5) is 0. The smallest absolute Gasteiger partial charge is 0.119 e. The first-order chi connectivity index (χ1) is 7.36. The number of hydrogen-bond donors (Lipinski definition) is 0. The topological polar surface area (TPSA) is 9.23 Å². The van der Waals surface area contributed by atoms with E-state index >= 15 is 0 Å². The predicted molar refractivity (Wildman–Crippen MR) is 66.1 cm³/mol. The van der Waals surface area contributed by atoms with Gasteiger partial charge in [0, 0.05) is 6.42 Å². The molecule has 0 saturated carbocycles. The number of methoxy groups -OCH3 is 1. The molecule has 0 aliphatic carbocycles. The Morgan fingerprint density at radius 2 is 2.07 bits per heavy atom. The van der Waals surface area contributed by atoms with Gasteiger partial charge < -0.3 is 4.74 Å². The minimum absolute atomic E-state index is 0.844. The average molecular weight is 204 g/mol. The van der Waals surface area contributed by atoms with Crippen molar-refractivity contribution in [2.75, 3.05) is 7.11 Å². The van der Waals surface area contributed by atoms with Gasteiger partial charge in [0.05, 0.1) is 7.11 Å². The molecule has 1 aromatic rings. The molecule has 0 radical (unpaired) electrons. The molecule has 82 valence electrons. The highest BCUT2D eigenvalue weighted by Gasteiger charge is 1.94. The molecule has 0 spiro atoms. The second-order valence-corrected chi connectivity index (χ2v) is 2.91. The molecule has 0 aliphatic heterocycles. The first kappa shape index (κ1) is 13.6. The summed E-state index contributed by atoms with van der Waals surface area (Å²) >= 11 is 0. The second kappa shape index (κ2) is 9.15. The zero-order chi connectivity index (χ0) is 11.5. The van der Waals surface area contributed by atoms with Crippen molar-refractivity contribution in [1.29, 1.82) is 0 Å². The van der Waals surface area contributed by atoms with Gasteiger partial charge in [0.1, 0.15) is 5.75 Å². The van der Waals surface area contributed by atoms with Gasteiger partial charge >= 0.3 is 0 Å². The van der Waals surface area contributed by atoms with E-state index in [1.165, 1.54) is 5.56 Å². The molecule has 0 N–H and O–H groups in total. The van der Waals surface area contributed by atoms with E-state index in [-0.39, 0.29) is 0 Å². The summed E-state index contributed by atoms with van der Waals surface area (Å²) < 4.78 is 5.12. The number of aryl methyl sites for hydroxylation is 1. The first-order valence-corrected chi connectivity index (χ1v) is 5.43. The normalized spacial score (nSPS) is 8.40. The van der Waals surface area contributed by atoms with Gasteiger partial charge in [-0.1, -0.05) is 26.0 Å². The molecule has 1 heteroatoms. The fraction of sp³-hybridized carbons (Fsp3) is 0.429. The summed E-state index contributed by atoms with van der Waals surface area (Å²) in [5, 5.41) is 0. The molecule has 0 amide bonds. The van der Waals surface area contributed by atoms with Gasteiger partial charge in [-0.3, -0.25) is 0 Å². The Morgan fingerprint density at radius 1 is 1.33 bits per heavy atom. The SMILES string of the molecule is C#CCCCc1cccc(OC)c1.CC. The van der Waals surface area contributed by atoms with Gasteiger partial charge in [-0.2, -0.15) is 0 Å². The maximum atomic E-state index is 5.17. The quantitative estimate of drug-likeness (QED) is 0.537. The Labute approximate surface area is 93.5 Å². The van der Waals surface area contributed by atoms with E-state index in [4.69, 9.17) is 11.2 Å². The van der Waals surface area contributed by atoms with Crippen molar-refractivity contribution in [3.63, 3.8) is 0 Å². The van der Waals surface area contributed by atoms with Crippen LogP contribution in [-0.2, 0) is 6.42 Å². The lowest BCUT2D eigenvalue weighted by atomic mass is 10.1. The van der Waals surface area contributed by atoms with Crippen LogP contribution < -0.4 is 4.74 Å². The van der Waals surface area contributed by atoms with E-state index in [2.05, 4.69) is 18.1 Å². The van der Waals surface area contributed by atoms with Crippen LogP contribution in [0.25, 0.3) is 0 Å². The van der Waals surface area contributed by atoms with Crippen LogP contribution in [0.2, 0.25) is 0 Å². The van der Waals surface area contributed by atoms with Crippen LogP contribution in [0.4, 0.5) is 0 Å². The Bertz CT molecular complexity index is 296. The van der Waals surface area contributed by atoms with Crippen LogP contribution in [0.1, 0.15) is 32.3 Å². The van der Waals surface area contributed by atoms with E-state index in [0.29, 0.717) is 0 Å².